The number of halogens is 2. The van der Waals surface area contributed by atoms with Crippen molar-refractivity contribution >= 4 is 44.6 Å². The molecule has 3 aromatic carbocycles. The van der Waals surface area contributed by atoms with Crippen molar-refractivity contribution in [2.75, 3.05) is 11.9 Å². The highest BCUT2D eigenvalue weighted by Crippen LogP contribution is 2.32. The number of nitrogens with zero attached hydrogens (tertiary/aromatic N) is 3. The fraction of sp³-hybridized carbons (Fsp3) is 0.241. The summed E-state index contributed by atoms with van der Waals surface area (Å²) in [6.45, 7) is -0.288. The Morgan fingerprint density at radius 1 is 1.11 bits per heavy atom. The summed E-state index contributed by atoms with van der Waals surface area (Å²) < 4.78 is 21.6. The molecule has 1 amide bonds. The summed E-state index contributed by atoms with van der Waals surface area (Å²) in [5, 5.41) is 7.54. The quantitative estimate of drug-likeness (QED) is 0.264. The lowest BCUT2D eigenvalue weighted by molar-refractivity contribution is -0.118. The van der Waals surface area contributed by atoms with E-state index < -0.39 is 11.7 Å². The van der Waals surface area contributed by atoms with E-state index in [-0.39, 0.29) is 23.8 Å². The number of rotatable bonds is 7. The Balaban J connectivity index is 1.37. The first-order valence-corrected chi connectivity index (χ1v) is 13.3. The number of aromatic nitrogens is 2. The molecular weight excluding hydrogens is 551 g/mol. The van der Waals surface area contributed by atoms with Gasteiger partial charge in [-0.05, 0) is 60.9 Å². The van der Waals surface area contributed by atoms with Gasteiger partial charge in [-0.25, -0.2) is 9.37 Å². The Morgan fingerprint density at radius 2 is 1.92 bits per heavy atom. The Kier molecular flexibility index (Phi) is 7.93. The number of anilines is 1. The van der Waals surface area contributed by atoms with Gasteiger partial charge in [0.2, 0.25) is 0 Å². The molecule has 0 spiro atoms. The lowest BCUT2D eigenvalue weighted by Gasteiger charge is -2.22. The number of amides is 1. The first-order chi connectivity index (χ1) is 18.5. The number of ether oxygens (including phenoxy) is 1. The minimum Gasteiger partial charge on any atom is -0.484 e. The third-order valence-corrected chi connectivity index (χ3v) is 7.00. The maximum Gasteiger partial charge on any atom is 0.282 e. The van der Waals surface area contributed by atoms with E-state index in [0.717, 1.165) is 30.2 Å². The summed E-state index contributed by atoms with van der Waals surface area (Å²) in [4.78, 5) is 30.5. The minimum absolute atomic E-state index is 0.0946. The molecule has 1 aliphatic rings. The topological polar surface area (TPSA) is 85.6 Å². The van der Waals surface area contributed by atoms with Crippen LogP contribution in [0.25, 0.3) is 10.9 Å². The van der Waals surface area contributed by atoms with E-state index in [1.54, 1.807) is 42.6 Å². The molecule has 1 aromatic heterocycles. The average molecular weight is 577 g/mol. The molecule has 0 bridgehead atoms. The summed E-state index contributed by atoms with van der Waals surface area (Å²) in [5.41, 5.74) is 1.23. The van der Waals surface area contributed by atoms with E-state index in [2.05, 4.69) is 26.3 Å². The molecule has 4 aromatic rings. The smallest absolute Gasteiger partial charge is 0.282 e. The van der Waals surface area contributed by atoms with Crippen LogP contribution in [0.15, 0.2) is 81.1 Å². The monoisotopic (exact) mass is 576 g/mol. The van der Waals surface area contributed by atoms with Crippen molar-refractivity contribution in [3.63, 3.8) is 0 Å². The van der Waals surface area contributed by atoms with Gasteiger partial charge in [0.1, 0.15) is 17.4 Å². The molecular formula is C29H26BrFN4O3. The van der Waals surface area contributed by atoms with Gasteiger partial charge in [0.05, 0.1) is 22.8 Å². The van der Waals surface area contributed by atoms with Crippen LogP contribution >= 0.6 is 15.9 Å². The summed E-state index contributed by atoms with van der Waals surface area (Å²) in [5.74, 6) is 0.295. The molecule has 7 nitrogen and oxygen atoms in total. The Bertz CT molecular complexity index is 1560. The summed E-state index contributed by atoms with van der Waals surface area (Å²) in [6.07, 6.45) is 6.94. The number of carbonyl (C=O) groups is 1. The SMILES string of the molecule is O=C(COc1cccc(C=Nn2c(C3CCCCC3)nc3ccc(Br)cc3c2=O)c1)Nc1ccccc1F. The zero-order valence-corrected chi connectivity index (χ0v) is 22.2. The minimum atomic E-state index is -0.516. The lowest BCUT2D eigenvalue weighted by Crippen LogP contribution is -2.25. The second-order valence-corrected chi connectivity index (χ2v) is 10.1. The van der Waals surface area contributed by atoms with Crippen molar-refractivity contribution in [1.29, 1.82) is 0 Å². The maximum absolute atomic E-state index is 13.8. The van der Waals surface area contributed by atoms with Crippen molar-refractivity contribution in [1.82, 2.24) is 9.66 Å². The van der Waals surface area contributed by atoms with Gasteiger partial charge in [0.25, 0.3) is 11.5 Å². The van der Waals surface area contributed by atoms with Crippen LogP contribution in [0.3, 0.4) is 0 Å². The fourth-order valence-electron chi connectivity index (χ4n) is 4.61. The first-order valence-electron chi connectivity index (χ1n) is 12.5. The van der Waals surface area contributed by atoms with Gasteiger partial charge in [-0.3, -0.25) is 9.59 Å². The molecule has 1 heterocycles. The fourth-order valence-corrected chi connectivity index (χ4v) is 4.97. The number of hydrogen-bond donors (Lipinski definition) is 1. The third-order valence-electron chi connectivity index (χ3n) is 6.50. The number of nitrogens with one attached hydrogen (secondary N) is 1. The van der Waals surface area contributed by atoms with Crippen molar-refractivity contribution in [3.05, 3.63) is 98.8 Å². The van der Waals surface area contributed by atoms with Crippen LogP contribution in [0.1, 0.15) is 49.4 Å². The van der Waals surface area contributed by atoms with Crippen molar-refractivity contribution in [2.24, 2.45) is 5.10 Å². The van der Waals surface area contributed by atoms with Crippen LogP contribution in [0.5, 0.6) is 5.75 Å². The van der Waals surface area contributed by atoms with Gasteiger partial charge >= 0.3 is 0 Å². The molecule has 0 saturated heterocycles. The molecule has 0 aliphatic heterocycles. The predicted molar refractivity (Wildman–Crippen MR) is 149 cm³/mol. The van der Waals surface area contributed by atoms with Crippen LogP contribution in [0, 0.1) is 5.82 Å². The van der Waals surface area contributed by atoms with E-state index in [0.29, 0.717) is 28.0 Å². The van der Waals surface area contributed by atoms with Gasteiger partial charge in [0.15, 0.2) is 6.61 Å². The van der Waals surface area contributed by atoms with E-state index in [1.165, 1.54) is 23.2 Å². The largest absolute Gasteiger partial charge is 0.484 e. The molecule has 0 radical (unpaired) electrons. The number of carbonyl (C=O) groups excluding carboxylic acids is 1. The average Bonchev–Trinajstić information content (AvgIpc) is 2.93. The highest BCUT2D eigenvalue weighted by atomic mass is 79.9. The number of benzene rings is 3. The molecule has 1 saturated carbocycles. The van der Waals surface area contributed by atoms with E-state index in [9.17, 15) is 14.0 Å². The number of fused-ring (bicyclic) bond motifs is 1. The predicted octanol–water partition coefficient (Wildman–Crippen LogP) is 6.25. The molecule has 5 rings (SSSR count). The van der Waals surface area contributed by atoms with Crippen molar-refractivity contribution < 1.29 is 13.9 Å². The molecule has 0 unspecified atom stereocenters. The Labute approximate surface area is 227 Å². The van der Waals surface area contributed by atoms with Crippen LogP contribution < -0.4 is 15.6 Å². The molecule has 1 aliphatic carbocycles. The van der Waals surface area contributed by atoms with Crippen LogP contribution in [-0.4, -0.2) is 28.4 Å². The van der Waals surface area contributed by atoms with Crippen molar-refractivity contribution in [2.45, 2.75) is 38.0 Å². The molecule has 1 fully saturated rings. The number of hydrogen-bond acceptors (Lipinski definition) is 5. The van der Waals surface area contributed by atoms with Gasteiger partial charge < -0.3 is 10.1 Å². The molecule has 9 heteroatoms. The highest BCUT2D eigenvalue weighted by molar-refractivity contribution is 9.10. The standard InChI is InChI=1S/C29H26BrFN4O3/c30-21-13-14-25-23(16-21)29(37)35(28(34-25)20-8-2-1-3-9-20)32-17-19-7-6-10-22(15-19)38-18-27(36)33-26-12-5-4-11-24(26)31/h4-7,10-17,20H,1-3,8-9,18H2,(H,33,36). The first kappa shape index (κ1) is 25.8. The van der Waals surface area contributed by atoms with Gasteiger partial charge in [-0.15, -0.1) is 0 Å². The maximum atomic E-state index is 13.8. The molecule has 194 valence electrons. The van der Waals surface area contributed by atoms with E-state index in [1.807, 2.05) is 18.2 Å². The van der Waals surface area contributed by atoms with Crippen LogP contribution in [-0.2, 0) is 4.79 Å². The lowest BCUT2D eigenvalue weighted by atomic mass is 9.88. The van der Waals surface area contributed by atoms with Crippen LogP contribution in [0.4, 0.5) is 10.1 Å². The van der Waals surface area contributed by atoms with Gasteiger partial charge in [-0.2, -0.15) is 9.78 Å². The Morgan fingerprint density at radius 3 is 2.74 bits per heavy atom. The zero-order chi connectivity index (χ0) is 26.5. The molecule has 38 heavy (non-hydrogen) atoms. The second-order valence-electron chi connectivity index (χ2n) is 9.22. The summed E-state index contributed by atoms with van der Waals surface area (Å²) >= 11 is 3.44. The van der Waals surface area contributed by atoms with Crippen LogP contribution in [0.2, 0.25) is 0 Å². The van der Waals surface area contributed by atoms with Gasteiger partial charge in [0, 0.05) is 10.4 Å². The number of para-hydroxylation sites is 1. The van der Waals surface area contributed by atoms with E-state index >= 15 is 0 Å². The van der Waals surface area contributed by atoms with E-state index in [4.69, 9.17) is 9.72 Å². The normalized spacial score (nSPS) is 14.2. The highest BCUT2D eigenvalue weighted by Gasteiger charge is 2.22. The zero-order valence-electron chi connectivity index (χ0n) is 20.6. The molecule has 1 N–H and O–H groups in total. The Hall–Kier alpha value is -3.85. The molecule has 0 atom stereocenters. The van der Waals surface area contributed by atoms with Crippen molar-refractivity contribution in [3.8, 4) is 5.75 Å². The second kappa shape index (κ2) is 11.7. The summed E-state index contributed by atoms with van der Waals surface area (Å²) in [6, 6.07) is 18.5. The third kappa shape index (κ3) is 5.99. The van der Waals surface area contributed by atoms with Gasteiger partial charge in [-0.1, -0.05) is 59.5 Å². The summed E-state index contributed by atoms with van der Waals surface area (Å²) in [7, 11) is 0.